The van der Waals surface area contributed by atoms with E-state index in [1.54, 1.807) is 13.0 Å². The molecule has 0 saturated heterocycles. The molecule has 3 N–H and O–H groups in total. The highest BCUT2D eigenvalue weighted by atomic mass is 19.1. The molecule has 1 aliphatic rings. The van der Waals surface area contributed by atoms with Crippen LogP contribution < -0.4 is 16.0 Å². The topological polar surface area (TPSA) is 125 Å². The zero-order valence-corrected chi connectivity index (χ0v) is 18.7. The zero-order valence-electron chi connectivity index (χ0n) is 18.7. The highest BCUT2D eigenvalue weighted by molar-refractivity contribution is 5.98. The summed E-state index contributed by atoms with van der Waals surface area (Å²) in [6, 6.07) is 7.53. The fourth-order valence-electron chi connectivity index (χ4n) is 3.84. The van der Waals surface area contributed by atoms with Crippen LogP contribution in [0.1, 0.15) is 47.2 Å². The summed E-state index contributed by atoms with van der Waals surface area (Å²) in [6.07, 6.45) is 2.94. The first-order chi connectivity index (χ1) is 15.9. The van der Waals surface area contributed by atoms with E-state index in [4.69, 9.17) is 9.47 Å². The number of anilines is 3. The van der Waals surface area contributed by atoms with Crippen LogP contribution in [0.5, 0.6) is 0 Å². The number of methoxy groups -OCH3 is 2. The van der Waals surface area contributed by atoms with Gasteiger partial charge >= 0.3 is 12.1 Å². The van der Waals surface area contributed by atoms with E-state index in [-0.39, 0.29) is 34.8 Å². The third-order valence-electron chi connectivity index (χ3n) is 5.54. The van der Waals surface area contributed by atoms with Crippen molar-refractivity contribution in [2.75, 3.05) is 24.9 Å². The van der Waals surface area contributed by atoms with Crippen molar-refractivity contribution in [2.24, 2.45) is 0 Å². The third-order valence-corrected chi connectivity index (χ3v) is 5.54. The molecule has 1 saturated carbocycles. The van der Waals surface area contributed by atoms with Gasteiger partial charge in [-0.2, -0.15) is 5.26 Å². The second kappa shape index (κ2) is 10.6. The van der Waals surface area contributed by atoms with Crippen molar-refractivity contribution in [1.82, 2.24) is 10.3 Å². The molecule has 0 radical (unpaired) electrons. The van der Waals surface area contributed by atoms with Crippen LogP contribution in [-0.4, -0.2) is 43.3 Å². The van der Waals surface area contributed by atoms with Crippen LogP contribution in [0.15, 0.2) is 24.3 Å². The molecule has 33 heavy (non-hydrogen) atoms. The highest BCUT2D eigenvalue weighted by Gasteiger charge is 2.28. The lowest BCUT2D eigenvalue weighted by molar-refractivity contribution is 0.0601. The van der Waals surface area contributed by atoms with Crippen LogP contribution in [-0.2, 0) is 9.47 Å². The summed E-state index contributed by atoms with van der Waals surface area (Å²) in [5, 5.41) is 18.8. The number of hydrogen-bond acceptors (Lipinski definition) is 8. The summed E-state index contributed by atoms with van der Waals surface area (Å²) in [5.74, 6) is -0.641. The molecular formula is C23H26FN5O4. The van der Waals surface area contributed by atoms with Crippen molar-refractivity contribution < 1.29 is 23.5 Å². The van der Waals surface area contributed by atoms with Crippen molar-refractivity contribution in [1.29, 1.82) is 5.26 Å². The number of halogens is 1. The Kier molecular flexibility index (Phi) is 7.66. The molecule has 1 aromatic heterocycles. The number of hydrogen-bond donors (Lipinski definition) is 3. The fourth-order valence-corrected chi connectivity index (χ4v) is 3.84. The standard InChI is InChI=1S/C23H26FN5O4/c1-13-10-15(8-9-16(13)24)26-21-20(22(30)32-2)14(12-25)11-19(29-21)27-17-6-4-5-7-18(17)28-23(31)33-3/h8-11,17-18H,4-7H2,1-3H3,(H,28,31)(H2,26,27,29)/t17-,18+/m1/s1. The molecule has 1 aliphatic carbocycles. The molecule has 2 atom stereocenters. The summed E-state index contributed by atoms with van der Waals surface area (Å²) in [7, 11) is 2.52. The molecule has 9 nitrogen and oxygen atoms in total. The van der Waals surface area contributed by atoms with Crippen molar-refractivity contribution in [2.45, 2.75) is 44.7 Å². The minimum Gasteiger partial charge on any atom is -0.465 e. The molecule has 3 rings (SSSR count). The van der Waals surface area contributed by atoms with Gasteiger partial charge in [0.15, 0.2) is 0 Å². The molecule has 2 aromatic rings. The van der Waals surface area contributed by atoms with E-state index in [0.29, 0.717) is 17.1 Å². The average Bonchev–Trinajstić information content (AvgIpc) is 2.81. The van der Waals surface area contributed by atoms with Gasteiger partial charge in [0.25, 0.3) is 0 Å². The SMILES string of the molecule is COC(=O)N[C@H]1CCCC[C@H]1Nc1cc(C#N)c(C(=O)OC)c(Nc2ccc(F)c(C)c2)n1. The Balaban J connectivity index is 1.97. The minimum atomic E-state index is -0.727. The van der Waals surface area contributed by atoms with E-state index in [0.717, 1.165) is 25.7 Å². The van der Waals surface area contributed by atoms with Gasteiger partial charge in [-0.15, -0.1) is 0 Å². The number of esters is 1. The summed E-state index contributed by atoms with van der Waals surface area (Å²) < 4.78 is 23.3. The predicted molar refractivity (Wildman–Crippen MR) is 120 cm³/mol. The van der Waals surface area contributed by atoms with Gasteiger partial charge in [0.2, 0.25) is 0 Å². The van der Waals surface area contributed by atoms with Gasteiger partial charge in [0.05, 0.1) is 25.8 Å². The van der Waals surface area contributed by atoms with Gasteiger partial charge in [-0.05, 0) is 49.6 Å². The summed E-state index contributed by atoms with van der Waals surface area (Å²) in [4.78, 5) is 28.7. The number of nitrogens with one attached hydrogen (secondary N) is 3. The normalized spacial score (nSPS) is 17.4. The second-order valence-corrected chi connectivity index (χ2v) is 7.75. The van der Waals surface area contributed by atoms with Gasteiger partial charge in [0, 0.05) is 11.7 Å². The predicted octanol–water partition coefficient (Wildman–Crippen LogP) is 4.01. The molecule has 1 heterocycles. The molecule has 0 aliphatic heterocycles. The number of amides is 1. The molecular weight excluding hydrogens is 429 g/mol. The van der Waals surface area contributed by atoms with Crippen molar-refractivity contribution in [3.05, 3.63) is 46.8 Å². The Morgan fingerprint density at radius 1 is 1.15 bits per heavy atom. The number of pyridine rings is 1. The molecule has 10 heteroatoms. The van der Waals surface area contributed by atoms with Gasteiger partial charge < -0.3 is 25.4 Å². The highest BCUT2D eigenvalue weighted by Crippen LogP contribution is 2.28. The average molecular weight is 455 g/mol. The van der Waals surface area contributed by atoms with Gasteiger partial charge in [0.1, 0.15) is 29.1 Å². The van der Waals surface area contributed by atoms with E-state index in [1.807, 2.05) is 6.07 Å². The Bertz CT molecular complexity index is 1090. The number of aromatic nitrogens is 1. The Morgan fingerprint density at radius 2 is 1.88 bits per heavy atom. The second-order valence-electron chi connectivity index (χ2n) is 7.75. The van der Waals surface area contributed by atoms with Crippen LogP contribution in [0.4, 0.5) is 26.5 Å². The summed E-state index contributed by atoms with van der Waals surface area (Å²) in [6.45, 7) is 1.62. The number of benzene rings is 1. The van der Waals surface area contributed by atoms with E-state index in [9.17, 15) is 19.2 Å². The third kappa shape index (κ3) is 5.68. The lowest BCUT2D eigenvalue weighted by Gasteiger charge is -2.32. The lowest BCUT2D eigenvalue weighted by atomic mass is 9.90. The molecule has 0 unspecified atom stereocenters. The van der Waals surface area contributed by atoms with E-state index >= 15 is 0 Å². The van der Waals surface area contributed by atoms with Crippen LogP contribution in [0, 0.1) is 24.1 Å². The quantitative estimate of drug-likeness (QED) is 0.558. The van der Waals surface area contributed by atoms with Crippen LogP contribution in [0.25, 0.3) is 0 Å². The monoisotopic (exact) mass is 455 g/mol. The first kappa shape index (κ1) is 23.8. The number of carbonyl (C=O) groups excluding carboxylic acids is 2. The number of nitriles is 1. The molecule has 174 valence electrons. The summed E-state index contributed by atoms with van der Waals surface area (Å²) >= 11 is 0. The fraction of sp³-hybridized carbons (Fsp3) is 0.391. The van der Waals surface area contributed by atoms with Crippen molar-refractivity contribution >= 4 is 29.4 Å². The number of carbonyl (C=O) groups is 2. The number of aryl methyl sites for hydroxylation is 1. The number of alkyl carbamates (subject to hydrolysis) is 1. The molecule has 0 bridgehead atoms. The molecule has 1 amide bonds. The van der Waals surface area contributed by atoms with Crippen molar-refractivity contribution in [3.63, 3.8) is 0 Å². The first-order valence-corrected chi connectivity index (χ1v) is 10.5. The Morgan fingerprint density at radius 3 is 2.52 bits per heavy atom. The number of ether oxygens (including phenoxy) is 2. The van der Waals surface area contributed by atoms with E-state index in [1.165, 1.54) is 32.4 Å². The van der Waals surface area contributed by atoms with Gasteiger partial charge in [-0.3, -0.25) is 0 Å². The largest absolute Gasteiger partial charge is 0.465 e. The van der Waals surface area contributed by atoms with Crippen LogP contribution in [0.3, 0.4) is 0 Å². The van der Waals surface area contributed by atoms with E-state index in [2.05, 4.69) is 20.9 Å². The minimum absolute atomic E-state index is 0.0274. The lowest BCUT2D eigenvalue weighted by Crippen LogP contribution is -2.48. The number of rotatable bonds is 6. The van der Waals surface area contributed by atoms with Gasteiger partial charge in [-0.1, -0.05) is 12.8 Å². The Labute approximate surface area is 191 Å². The summed E-state index contributed by atoms with van der Waals surface area (Å²) in [5.41, 5.74) is 0.943. The van der Waals surface area contributed by atoms with Crippen molar-refractivity contribution in [3.8, 4) is 6.07 Å². The number of nitrogens with zero attached hydrogens (tertiary/aromatic N) is 2. The maximum atomic E-state index is 13.7. The Hall–Kier alpha value is -3.87. The van der Waals surface area contributed by atoms with Crippen LogP contribution >= 0.6 is 0 Å². The first-order valence-electron chi connectivity index (χ1n) is 10.5. The van der Waals surface area contributed by atoms with Gasteiger partial charge in [-0.25, -0.2) is 19.0 Å². The zero-order chi connectivity index (χ0) is 24.0. The smallest absolute Gasteiger partial charge is 0.407 e. The molecule has 1 fully saturated rings. The molecule has 1 aromatic carbocycles. The maximum Gasteiger partial charge on any atom is 0.407 e. The van der Waals surface area contributed by atoms with Crippen LogP contribution in [0.2, 0.25) is 0 Å². The van der Waals surface area contributed by atoms with E-state index < -0.39 is 12.1 Å². The molecule has 0 spiro atoms. The maximum absolute atomic E-state index is 13.7.